The molecule has 3 rings (SSSR count). The molecule has 1 aliphatic heterocycles. The summed E-state index contributed by atoms with van der Waals surface area (Å²) in [5, 5.41) is 10.9. The third-order valence-electron chi connectivity index (χ3n) is 4.03. The summed E-state index contributed by atoms with van der Waals surface area (Å²) in [6.45, 7) is 5.10. The fraction of sp³-hybridized carbons (Fsp3) is 0.438. The summed E-state index contributed by atoms with van der Waals surface area (Å²) < 4.78 is 7.23. The maximum absolute atomic E-state index is 12.3. The van der Waals surface area contributed by atoms with Crippen molar-refractivity contribution in [3.63, 3.8) is 0 Å². The predicted molar refractivity (Wildman–Crippen MR) is 81.4 cm³/mol. The molecule has 1 amide bonds. The van der Waals surface area contributed by atoms with Gasteiger partial charge in [0.2, 0.25) is 5.91 Å². The van der Waals surface area contributed by atoms with Crippen molar-refractivity contribution in [1.82, 2.24) is 20.3 Å². The van der Waals surface area contributed by atoms with Crippen molar-refractivity contribution in [3.05, 3.63) is 47.3 Å². The van der Waals surface area contributed by atoms with Crippen molar-refractivity contribution in [3.8, 4) is 0 Å². The van der Waals surface area contributed by atoms with E-state index in [0.717, 1.165) is 16.7 Å². The molecular formula is C16H20N4O2. The Kier molecular flexibility index (Phi) is 4.20. The molecule has 1 N–H and O–H groups in total. The van der Waals surface area contributed by atoms with E-state index in [4.69, 9.17) is 4.74 Å². The Bertz CT molecular complexity index is 654. The van der Waals surface area contributed by atoms with Gasteiger partial charge in [-0.25, -0.2) is 4.68 Å². The fourth-order valence-corrected chi connectivity index (χ4v) is 2.76. The summed E-state index contributed by atoms with van der Waals surface area (Å²) in [5.41, 5.74) is 3.36. The topological polar surface area (TPSA) is 69.0 Å². The third-order valence-corrected chi connectivity index (χ3v) is 4.03. The lowest BCUT2D eigenvalue weighted by molar-refractivity contribution is -0.121. The van der Waals surface area contributed by atoms with Crippen LogP contribution in [0.5, 0.6) is 0 Å². The van der Waals surface area contributed by atoms with Gasteiger partial charge in [-0.2, -0.15) is 0 Å². The summed E-state index contributed by atoms with van der Waals surface area (Å²) in [6.07, 6.45) is 3.81. The zero-order valence-corrected chi connectivity index (χ0v) is 12.8. The summed E-state index contributed by atoms with van der Waals surface area (Å²) in [5.74, 6) is 0.00863. The average molecular weight is 300 g/mol. The molecule has 1 aromatic carbocycles. The van der Waals surface area contributed by atoms with Crippen molar-refractivity contribution in [1.29, 1.82) is 0 Å². The van der Waals surface area contributed by atoms with E-state index in [1.807, 2.05) is 13.8 Å². The molecule has 2 atom stereocenters. The van der Waals surface area contributed by atoms with Crippen LogP contribution in [-0.2, 0) is 16.0 Å². The number of nitrogens with one attached hydrogen (secondary N) is 1. The molecule has 1 aromatic heterocycles. The molecule has 0 radical (unpaired) electrons. The average Bonchev–Trinajstić information content (AvgIpc) is 3.13. The van der Waals surface area contributed by atoms with E-state index in [1.165, 1.54) is 0 Å². The Balaban J connectivity index is 1.65. The summed E-state index contributed by atoms with van der Waals surface area (Å²) in [7, 11) is 0. The van der Waals surface area contributed by atoms with Gasteiger partial charge in [0.25, 0.3) is 0 Å². The summed E-state index contributed by atoms with van der Waals surface area (Å²) in [6, 6.07) is 6.11. The molecular weight excluding hydrogens is 280 g/mol. The van der Waals surface area contributed by atoms with Crippen LogP contribution in [-0.4, -0.2) is 40.2 Å². The van der Waals surface area contributed by atoms with Gasteiger partial charge in [0.15, 0.2) is 0 Å². The van der Waals surface area contributed by atoms with Gasteiger partial charge in [-0.05, 0) is 25.0 Å². The number of benzene rings is 1. The van der Waals surface area contributed by atoms with Crippen LogP contribution in [0.2, 0.25) is 0 Å². The van der Waals surface area contributed by atoms with Gasteiger partial charge in [0.1, 0.15) is 0 Å². The van der Waals surface area contributed by atoms with Crippen molar-refractivity contribution >= 4 is 5.91 Å². The van der Waals surface area contributed by atoms with Crippen molar-refractivity contribution in [2.45, 2.75) is 32.4 Å². The van der Waals surface area contributed by atoms with Crippen LogP contribution in [0.3, 0.4) is 0 Å². The van der Waals surface area contributed by atoms with Gasteiger partial charge < -0.3 is 10.1 Å². The normalized spacial score (nSPS) is 21.0. The first-order valence-electron chi connectivity index (χ1n) is 7.42. The van der Waals surface area contributed by atoms with E-state index in [-0.39, 0.29) is 18.0 Å². The molecule has 2 aromatic rings. The molecule has 1 fully saturated rings. The van der Waals surface area contributed by atoms with E-state index in [2.05, 4.69) is 33.8 Å². The van der Waals surface area contributed by atoms with Crippen molar-refractivity contribution in [2.24, 2.45) is 0 Å². The number of hydrogen-bond donors (Lipinski definition) is 1. The number of carbonyl (C=O) groups excluding carboxylic acids is 1. The highest BCUT2D eigenvalue weighted by Gasteiger charge is 2.31. The van der Waals surface area contributed by atoms with E-state index in [9.17, 15) is 4.79 Å². The standard InChI is InChI=1S/C16H20N4O2/c1-11-3-4-12(2)13(7-11)8-16(21)18-14-9-22-10-15(14)20-6-5-17-19-20/h3-7,14-15H,8-10H2,1-2H3,(H,18,21)/t14-,15+/m0/s1. The molecule has 0 aliphatic carbocycles. The van der Waals surface area contributed by atoms with E-state index in [1.54, 1.807) is 17.1 Å². The Morgan fingerprint density at radius 2 is 2.27 bits per heavy atom. The second kappa shape index (κ2) is 6.27. The Morgan fingerprint density at radius 1 is 1.41 bits per heavy atom. The van der Waals surface area contributed by atoms with Crippen LogP contribution in [0.1, 0.15) is 22.7 Å². The quantitative estimate of drug-likeness (QED) is 0.921. The van der Waals surface area contributed by atoms with Gasteiger partial charge in [-0.1, -0.05) is 29.0 Å². The van der Waals surface area contributed by atoms with Gasteiger partial charge in [-0.3, -0.25) is 4.79 Å². The number of aromatic nitrogens is 3. The molecule has 1 saturated heterocycles. The van der Waals surface area contributed by atoms with Crippen LogP contribution in [0.4, 0.5) is 0 Å². The zero-order valence-electron chi connectivity index (χ0n) is 12.8. The minimum Gasteiger partial charge on any atom is -0.377 e. The van der Waals surface area contributed by atoms with Crippen molar-refractivity contribution < 1.29 is 9.53 Å². The van der Waals surface area contributed by atoms with Crippen LogP contribution in [0.15, 0.2) is 30.6 Å². The SMILES string of the molecule is Cc1ccc(C)c(CC(=O)N[C@H]2COC[C@H]2n2ccnn2)c1. The molecule has 2 heterocycles. The second-order valence-electron chi connectivity index (χ2n) is 5.77. The molecule has 116 valence electrons. The molecule has 0 saturated carbocycles. The monoisotopic (exact) mass is 300 g/mol. The molecule has 0 unspecified atom stereocenters. The molecule has 6 nitrogen and oxygen atoms in total. The molecule has 1 aliphatic rings. The van der Waals surface area contributed by atoms with Gasteiger partial charge in [0, 0.05) is 6.20 Å². The minimum absolute atomic E-state index is 0.00468. The first kappa shape index (κ1) is 14.7. The lowest BCUT2D eigenvalue weighted by Crippen LogP contribution is -2.41. The van der Waals surface area contributed by atoms with E-state index >= 15 is 0 Å². The van der Waals surface area contributed by atoms with Crippen molar-refractivity contribution in [2.75, 3.05) is 13.2 Å². The lowest BCUT2D eigenvalue weighted by Gasteiger charge is -2.19. The molecule has 22 heavy (non-hydrogen) atoms. The number of aryl methyl sites for hydroxylation is 2. The lowest BCUT2D eigenvalue weighted by atomic mass is 10.0. The van der Waals surface area contributed by atoms with Crippen LogP contribution in [0.25, 0.3) is 0 Å². The zero-order chi connectivity index (χ0) is 15.5. The summed E-state index contributed by atoms with van der Waals surface area (Å²) in [4.78, 5) is 12.3. The largest absolute Gasteiger partial charge is 0.377 e. The van der Waals surface area contributed by atoms with Crippen LogP contribution in [0, 0.1) is 13.8 Å². The summed E-state index contributed by atoms with van der Waals surface area (Å²) >= 11 is 0. The fourth-order valence-electron chi connectivity index (χ4n) is 2.76. The Morgan fingerprint density at radius 3 is 3.05 bits per heavy atom. The molecule has 0 spiro atoms. The number of ether oxygens (including phenoxy) is 1. The van der Waals surface area contributed by atoms with E-state index in [0.29, 0.717) is 19.6 Å². The maximum atomic E-state index is 12.3. The van der Waals surface area contributed by atoms with Gasteiger partial charge in [0.05, 0.1) is 37.9 Å². The number of carbonyl (C=O) groups is 1. The smallest absolute Gasteiger partial charge is 0.224 e. The highest BCUT2D eigenvalue weighted by molar-refractivity contribution is 5.79. The predicted octanol–water partition coefficient (Wildman–Crippen LogP) is 1.19. The highest BCUT2D eigenvalue weighted by Crippen LogP contribution is 2.19. The van der Waals surface area contributed by atoms with Crippen LogP contribution < -0.4 is 5.32 Å². The van der Waals surface area contributed by atoms with E-state index < -0.39 is 0 Å². The first-order chi connectivity index (χ1) is 10.6. The molecule has 6 heteroatoms. The number of hydrogen-bond acceptors (Lipinski definition) is 4. The maximum Gasteiger partial charge on any atom is 0.224 e. The Labute approximate surface area is 129 Å². The van der Waals surface area contributed by atoms with Gasteiger partial charge in [-0.15, -0.1) is 5.10 Å². The Hall–Kier alpha value is -2.21. The number of rotatable bonds is 4. The highest BCUT2D eigenvalue weighted by atomic mass is 16.5. The first-order valence-corrected chi connectivity index (χ1v) is 7.42. The third kappa shape index (κ3) is 3.17. The molecule has 0 bridgehead atoms. The van der Waals surface area contributed by atoms with Crippen LogP contribution >= 0.6 is 0 Å². The number of amides is 1. The number of nitrogens with zero attached hydrogens (tertiary/aromatic N) is 3. The van der Waals surface area contributed by atoms with Gasteiger partial charge >= 0.3 is 0 Å². The minimum atomic E-state index is -0.0701. The second-order valence-corrected chi connectivity index (χ2v) is 5.77.